The smallest absolute Gasteiger partial charge is 0.0623 e. The van der Waals surface area contributed by atoms with Gasteiger partial charge in [0.25, 0.3) is 0 Å². The molecule has 4 nitrogen and oxygen atoms in total. The second-order valence-corrected chi connectivity index (χ2v) is 5.22. The summed E-state index contributed by atoms with van der Waals surface area (Å²) in [4.78, 5) is 2.25. The number of nitrogens with one attached hydrogen (secondary N) is 1. The van der Waals surface area contributed by atoms with Crippen molar-refractivity contribution >= 4 is 0 Å². The van der Waals surface area contributed by atoms with Gasteiger partial charge in [-0.1, -0.05) is 0 Å². The number of ether oxygens (including phenoxy) is 1. The van der Waals surface area contributed by atoms with Gasteiger partial charge in [-0.15, -0.1) is 0 Å². The van der Waals surface area contributed by atoms with Crippen molar-refractivity contribution in [2.24, 2.45) is 0 Å². The Bertz CT molecular complexity index is 197. The maximum absolute atomic E-state index is 9.47. The van der Waals surface area contributed by atoms with Gasteiger partial charge in [0.05, 0.1) is 12.1 Å². The van der Waals surface area contributed by atoms with E-state index in [1.54, 1.807) is 7.11 Å². The van der Waals surface area contributed by atoms with Crippen molar-refractivity contribution in [3.63, 3.8) is 0 Å². The fraction of sp³-hybridized carbons (Fsp3) is 1.00. The number of hydrogen-bond acceptors (Lipinski definition) is 4. The lowest BCUT2D eigenvalue weighted by atomic mass is 10.0. The molecule has 0 heterocycles. The molecule has 0 aliphatic heterocycles. The number of hydrogen-bond donors (Lipinski definition) is 2. The van der Waals surface area contributed by atoms with Crippen LogP contribution in [-0.2, 0) is 4.74 Å². The maximum Gasteiger partial charge on any atom is 0.0623 e. The normalized spacial score (nSPS) is 20.1. The lowest BCUT2D eigenvalue weighted by Gasteiger charge is -2.33. The van der Waals surface area contributed by atoms with E-state index in [4.69, 9.17) is 4.74 Å². The van der Waals surface area contributed by atoms with E-state index >= 15 is 0 Å². The molecule has 0 bridgehead atoms. The van der Waals surface area contributed by atoms with Crippen LogP contribution in [0, 0.1) is 0 Å². The molecule has 1 atom stereocenters. The summed E-state index contributed by atoms with van der Waals surface area (Å²) in [6.45, 7) is 4.98. The fourth-order valence-corrected chi connectivity index (χ4v) is 2.02. The molecule has 0 radical (unpaired) electrons. The van der Waals surface area contributed by atoms with Crippen LogP contribution in [0.5, 0.6) is 0 Å². The Morgan fingerprint density at radius 2 is 2.19 bits per heavy atom. The minimum absolute atomic E-state index is 0.164. The van der Waals surface area contributed by atoms with E-state index in [-0.39, 0.29) is 12.1 Å². The van der Waals surface area contributed by atoms with E-state index in [1.165, 1.54) is 12.8 Å². The Kier molecular flexibility index (Phi) is 5.69. The highest BCUT2D eigenvalue weighted by Crippen LogP contribution is 2.22. The molecule has 1 fully saturated rings. The molecule has 1 rings (SSSR count). The number of aliphatic hydroxyl groups is 1. The van der Waals surface area contributed by atoms with Crippen molar-refractivity contribution in [3.8, 4) is 0 Å². The summed E-state index contributed by atoms with van der Waals surface area (Å²) in [5.74, 6) is 0. The Morgan fingerprint density at radius 3 is 2.69 bits per heavy atom. The standard InChI is InChI=1S/C12H26N2O2/c1-12(10-15,13-11-5-6-11)9-14(2)7-4-8-16-3/h11,13,15H,4-10H2,1-3H3. The van der Waals surface area contributed by atoms with Gasteiger partial charge in [-0.25, -0.2) is 0 Å². The number of nitrogens with zero attached hydrogens (tertiary/aromatic N) is 1. The molecular weight excluding hydrogens is 204 g/mol. The van der Waals surface area contributed by atoms with Crippen LogP contribution in [0.4, 0.5) is 0 Å². The molecule has 1 unspecified atom stereocenters. The Labute approximate surface area is 99.0 Å². The average molecular weight is 230 g/mol. The van der Waals surface area contributed by atoms with E-state index in [9.17, 15) is 5.11 Å². The van der Waals surface area contributed by atoms with Gasteiger partial charge in [0.1, 0.15) is 0 Å². The Hall–Kier alpha value is -0.160. The first-order chi connectivity index (χ1) is 7.59. The first kappa shape index (κ1) is 13.9. The summed E-state index contributed by atoms with van der Waals surface area (Å²) < 4.78 is 5.03. The third-order valence-corrected chi connectivity index (χ3v) is 2.99. The van der Waals surface area contributed by atoms with Crippen LogP contribution in [0.15, 0.2) is 0 Å². The van der Waals surface area contributed by atoms with Gasteiger partial charge in [0, 0.05) is 32.8 Å². The third-order valence-electron chi connectivity index (χ3n) is 2.99. The zero-order valence-electron chi connectivity index (χ0n) is 10.8. The molecule has 2 N–H and O–H groups in total. The van der Waals surface area contributed by atoms with E-state index in [1.807, 2.05) is 0 Å². The Morgan fingerprint density at radius 1 is 1.50 bits per heavy atom. The summed E-state index contributed by atoms with van der Waals surface area (Å²) in [6, 6.07) is 0.629. The molecule has 0 aromatic carbocycles. The molecule has 4 heteroatoms. The van der Waals surface area contributed by atoms with Gasteiger partial charge in [-0.2, -0.15) is 0 Å². The van der Waals surface area contributed by atoms with Crippen LogP contribution in [0.1, 0.15) is 26.2 Å². The van der Waals surface area contributed by atoms with E-state index in [0.717, 1.165) is 26.1 Å². The van der Waals surface area contributed by atoms with Crippen LogP contribution < -0.4 is 5.32 Å². The molecule has 1 saturated carbocycles. The highest BCUT2D eigenvalue weighted by Gasteiger charge is 2.32. The molecule has 16 heavy (non-hydrogen) atoms. The van der Waals surface area contributed by atoms with Gasteiger partial charge >= 0.3 is 0 Å². The number of likely N-dealkylation sites (N-methyl/N-ethyl adjacent to an activating group) is 1. The van der Waals surface area contributed by atoms with Crippen molar-refractivity contribution in [1.29, 1.82) is 0 Å². The summed E-state index contributed by atoms with van der Waals surface area (Å²) in [5.41, 5.74) is -0.164. The highest BCUT2D eigenvalue weighted by atomic mass is 16.5. The predicted molar refractivity (Wildman–Crippen MR) is 65.6 cm³/mol. The molecular formula is C12H26N2O2. The van der Waals surface area contributed by atoms with E-state index < -0.39 is 0 Å². The number of rotatable bonds is 9. The topological polar surface area (TPSA) is 44.7 Å². The predicted octanol–water partition coefficient (Wildman–Crippen LogP) is 0.458. The molecule has 96 valence electrons. The lowest BCUT2D eigenvalue weighted by molar-refractivity contribution is 0.122. The zero-order chi connectivity index (χ0) is 12.0. The third kappa shape index (κ3) is 5.25. The van der Waals surface area contributed by atoms with Gasteiger partial charge in [0.15, 0.2) is 0 Å². The largest absolute Gasteiger partial charge is 0.394 e. The van der Waals surface area contributed by atoms with Crippen molar-refractivity contribution in [3.05, 3.63) is 0 Å². The second-order valence-electron chi connectivity index (χ2n) is 5.22. The lowest BCUT2D eigenvalue weighted by Crippen LogP contribution is -2.54. The molecule has 0 saturated heterocycles. The average Bonchev–Trinajstić information content (AvgIpc) is 3.02. The molecule has 1 aliphatic carbocycles. The summed E-state index contributed by atoms with van der Waals surface area (Å²) in [6.07, 6.45) is 3.55. The van der Waals surface area contributed by atoms with Crippen LogP contribution in [-0.4, -0.2) is 62.0 Å². The zero-order valence-corrected chi connectivity index (χ0v) is 10.8. The van der Waals surface area contributed by atoms with Crippen LogP contribution in [0.25, 0.3) is 0 Å². The van der Waals surface area contributed by atoms with Gasteiger partial charge < -0.3 is 20.1 Å². The van der Waals surface area contributed by atoms with Crippen molar-refractivity contribution in [1.82, 2.24) is 10.2 Å². The molecule has 0 spiro atoms. The van der Waals surface area contributed by atoms with Gasteiger partial charge in [0.2, 0.25) is 0 Å². The van der Waals surface area contributed by atoms with Gasteiger partial charge in [-0.3, -0.25) is 0 Å². The number of aliphatic hydroxyl groups excluding tert-OH is 1. The minimum atomic E-state index is -0.164. The van der Waals surface area contributed by atoms with E-state index in [0.29, 0.717) is 6.04 Å². The molecule has 0 amide bonds. The van der Waals surface area contributed by atoms with Crippen LogP contribution in [0.2, 0.25) is 0 Å². The summed E-state index contributed by atoms with van der Waals surface area (Å²) in [5, 5.41) is 13.0. The maximum atomic E-state index is 9.47. The van der Waals surface area contributed by atoms with Crippen molar-refractivity contribution in [2.45, 2.75) is 37.8 Å². The van der Waals surface area contributed by atoms with Crippen molar-refractivity contribution in [2.75, 3.05) is 40.5 Å². The van der Waals surface area contributed by atoms with Crippen LogP contribution in [0.3, 0.4) is 0 Å². The SMILES string of the molecule is COCCCN(C)CC(C)(CO)NC1CC1. The molecule has 0 aromatic rings. The molecule has 1 aliphatic rings. The van der Waals surface area contributed by atoms with Crippen LogP contribution >= 0.6 is 0 Å². The Balaban J connectivity index is 2.23. The van der Waals surface area contributed by atoms with E-state index in [2.05, 4.69) is 24.2 Å². The highest BCUT2D eigenvalue weighted by molar-refractivity contribution is 4.93. The monoisotopic (exact) mass is 230 g/mol. The fourth-order valence-electron chi connectivity index (χ4n) is 2.02. The van der Waals surface area contributed by atoms with Gasteiger partial charge in [-0.05, 0) is 33.2 Å². The second kappa shape index (κ2) is 6.55. The molecule has 0 aromatic heterocycles. The summed E-state index contributed by atoms with van der Waals surface area (Å²) in [7, 11) is 3.82. The first-order valence-electron chi connectivity index (χ1n) is 6.16. The quantitative estimate of drug-likeness (QED) is 0.565. The number of methoxy groups -OCH3 is 1. The minimum Gasteiger partial charge on any atom is -0.394 e. The summed E-state index contributed by atoms with van der Waals surface area (Å²) >= 11 is 0. The first-order valence-corrected chi connectivity index (χ1v) is 6.16. The van der Waals surface area contributed by atoms with Crippen molar-refractivity contribution < 1.29 is 9.84 Å².